The number of furan rings is 1. The molecule has 0 spiro atoms. The molecule has 0 radical (unpaired) electrons. The maximum absolute atomic E-state index is 12.9. The van der Waals surface area contributed by atoms with Crippen LogP contribution < -0.4 is 0 Å². The lowest BCUT2D eigenvalue weighted by Crippen LogP contribution is -2.54. The molecule has 1 amide bonds. The van der Waals surface area contributed by atoms with Crippen molar-refractivity contribution in [1.82, 2.24) is 19.6 Å². The van der Waals surface area contributed by atoms with Crippen LogP contribution in [0.5, 0.6) is 0 Å². The van der Waals surface area contributed by atoms with Gasteiger partial charge in [0.25, 0.3) is 5.91 Å². The summed E-state index contributed by atoms with van der Waals surface area (Å²) in [5, 5.41) is 13.7. The van der Waals surface area contributed by atoms with Gasteiger partial charge in [-0.15, -0.1) is 0 Å². The summed E-state index contributed by atoms with van der Waals surface area (Å²) in [7, 11) is 0. The van der Waals surface area contributed by atoms with Gasteiger partial charge in [0, 0.05) is 44.5 Å². The SMILES string of the molecule is CC(C)n1nccc1C(=O)N1CCN(Cc2ccco2)[C@@H](CCO)C1. The van der Waals surface area contributed by atoms with Crippen LogP contribution in [-0.4, -0.2) is 62.9 Å². The molecule has 0 saturated carbocycles. The summed E-state index contributed by atoms with van der Waals surface area (Å²) in [6.45, 7) is 6.84. The third kappa shape index (κ3) is 3.93. The Morgan fingerprint density at radius 3 is 2.92 bits per heavy atom. The van der Waals surface area contributed by atoms with Crippen molar-refractivity contribution in [2.24, 2.45) is 0 Å². The van der Waals surface area contributed by atoms with Gasteiger partial charge < -0.3 is 14.4 Å². The number of aliphatic hydroxyl groups is 1. The zero-order chi connectivity index (χ0) is 17.8. The second kappa shape index (κ2) is 7.84. The second-order valence-corrected chi connectivity index (χ2v) is 6.72. The van der Waals surface area contributed by atoms with Crippen LogP contribution in [-0.2, 0) is 6.54 Å². The largest absolute Gasteiger partial charge is 0.468 e. The van der Waals surface area contributed by atoms with Crippen molar-refractivity contribution in [3.63, 3.8) is 0 Å². The van der Waals surface area contributed by atoms with E-state index in [1.807, 2.05) is 30.9 Å². The first-order valence-electron chi connectivity index (χ1n) is 8.80. The van der Waals surface area contributed by atoms with Gasteiger partial charge in [0.05, 0.1) is 12.8 Å². The molecule has 0 bridgehead atoms. The lowest BCUT2D eigenvalue weighted by atomic mass is 10.1. The Balaban J connectivity index is 1.70. The maximum Gasteiger partial charge on any atom is 0.272 e. The molecule has 3 rings (SSSR count). The molecule has 0 aromatic carbocycles. The van der Waals surface area contributed by atoms with Crippen LogP contribution in [0.15, 0.2) is 35.1 Å². The third-order valence-electron chi connectivity index (χ3n) is 4.67. The van der Waals surface area contributed by atoms with Crippen molar-refractivity contribution in [2.75, 3.05) is 26.2 Å². The number of carbonyl (C=O) groups excluding carboxylic acids is 1. The molecular formula is C18H26N4O3. The predicted molar refractivity (Wildman–Crippen MR) is 93.1 cm³/mol. The van der Waals surface area contributed by atoms with E-state index in [1.165, 1.54) is 0 Å². The number of nitrogens with zero attached hydrogens (tertiary/aromatic N) is 4. The van der Waals surface area contributed by atoms with Crippen LogP contribution in [0.1, 0.15) is 42.6 Å². The molecule has 3 heterocycles. The highest BCUT2D eigenvalue weighted by Crippen LogP contribution is 2.19. The minimum atomic E-state index is 0.00629. The molecule has 2 aromatic heterocycles. The van der Waals surface area contributed by atoms with E-state index >= 15 is 0 Å². The van der Waals surface area contributed by atoms with Gasteiger partial charge in [0.1, 0.15) is 11.5 Å². The predicted octanol–water partition coefficient (Wildman–Crippen LogP) is 1.77. The Bertz CT molecular complexity index is 680. The molecule has 0 aliphatic carbocycles. The molecule has 1 aliphatic rings. The lowest BCUT2D eigenvalue weighted by Gasteiger charge is -2.41. The smallest absolute Gasteiger partial charge is 0.272 e. The maximum atomic E-state index is 12.9. The summed E-state index contributed by atoms with van der Waals surface area (Å²) < 4.78 is 7.20. The number of hydrogen-bond donors (Lipinski definition) is 1. The van der Waals surface area contributed by atoms with E-state index in [4.69, 9.17) is 4.42 Å². The van der Waals surface area contributed by atoms with Crippen LogP contribution in [0.25, 0.3) is 0 Å². The molecule has 0 unspecified atom stereocenters. The van der Waals surface area contributed by atoms with Crippen LogP contribution in [0.4, 0.5) is 0 Å². The van der Waals surface area contributed by atoms with E-state index < -0.39 is 0 Å². The topological polar surface area (TPSA) is 74.7 Å². The van der Waals surface area contributed by atoms with Crippen molar-refractivity contribution < 1.29 is 14.3 Å². The summed E-state index contributed by atoms with van der Waals surface area (Å²) in [5.41, 5.74) is 0.622. The number of hydrogen-bond acceptors (Lipinski definition) is 5. The fraction of sp³-hybridized carbons (Fsp3) is 0.556. The van der Waals surface area contributed by atoms with Gasteiger partial charge in [-0.25, -0.2) is 0 Å². The van der Waals surface area contributed by atoms with Crippen LogP contribution in [0.3, 0.4) is 0 Å². The van der Waals surface area contributed by atoms with E-state index in [0.717, 1.165) is 12.3 Å². The van der Waals surface area contributed by atoms with Gasteiger partial charge in [0.2, 0.25) is 0 Å². The molecule has 1 saturated heterocycles. The highest BCUT2D eigenvalue weighted by molar-refractivity contribution is 5.92. The van der Waals surface area contributed by atoms with Gasteiger partial charge in [0.15, 0.2) is 0 Å². The van der Waals surface area contributed by atoms with Gasteiger partial charge in [-0.2, -0.15) is 5.10 Å². The number of amides is 1. The number of rotatable bonds is 6. The monoisotopic (exact) mass is 346 g/mol. The molecule has 25 heavy (non-hydrogen) atoms. The Kier molecular flexibility index (Phi) is 5.55. The Hall–Kier alpha value is -2.12. The van der Waals surface area contributed by atoms with Crippen LogP contribution in [0, 0.1) is 0 Å². The molecule has 1 N–H and O–H groups in total. The van der Waals surface area contributed by atoms with E-state index in [1.54, 1.807) is 23.2 Å². The number of aromatic nitrogens is 2. The quantitative estimate of drug-likeness (QED) is 0.863. The van der Waals surface area contributed by atoms with Gasteiger partial charge >= 0.3 is 0 Å². The highest BCUT2D eigenvalue weighted by Gasteiger charge is 2.31. The fourth-order valence-electron chi connectivity index (χ4n) is 3.37. The van der Waals surface area contributed by atoms with E-state index in [9.17, 15) is 9.90 Å². The third-order valence-corrected chi connectivity index (χ3v) is 4.67. The minimum Gasteiger partial charge on any atom is -0.468 e. The zero-order valence-electron chi connectivity index (χ0n) is 14.8. The molecule has 1 fully saturated rings. The average molecular weight is 346 g/mol. The van der Waals surface area contributed by atoms with Crippen molar-refractivity contribution in [3.8, 4) is 0 Å². The first kappa shape index (κ1) is 17.7. The van der Waals surface area contributed by atoms with Crippen LogP contribution in [0.2, 0.25) is 0 Å². The minimum absolute atomic E-state index is 0.00629. The number of piperazine rings is 1. The van der Waals surface area contributed by atoms with E-state index in [2.05, 4.69) is 10.00 Å². The first-order valence-corrected chi connectivity index (χ1v) is 8.80. The molecule has 7 heteroatoms. The van der Waals surface area contributed by atoms with E-state index in [0.29, 0.717) is 31.7 Å². The Morgan fingerprint density at radius 2 is 2.24 bits per heavy atom. The van der Waals surface area contributed by atoms with Crippen molar-refractivity contribution >= 4 is 5.91 Å². The van der Waals surface area contributed by atoms with Gasteiger partial charge in [-0.1, -0.05) is 0 Å². The average Bonchev–Trinajstić information content (AvgIpc) is 3.27. The lowest BCUT2D eigenvalue weighted by molar-refractivity contribution is 0.0363. The Labute approximate surface area is 147 Å². The highest BCUT2D eigenvalue weighted by atomic mass is 16.3. The molecular weight excluding hydrogens is 320 g/mol. The summed E-state index contributed by atoms with van der Waals surface area (Å²) in [6.07, 6.45) is 3.97. The normalized spacial score (nSPS) is 18.9. The van der Waals surface area contributed by atoms with Crippen molar-refractivity contribution in [2.45, 2.75) is 38.9 Å². The summed E-state index contributed by atoms with van der Waals surface area (Å²) in [5.74, 6) is 0.910. The molecule has 2 aromatic rings. The molecule has 1 atom stereocenters. The number of aliphatic hydroxyl groups excluding tert-OH is 1. The first-order chi connectivity index (χ1) is 12.1. The van der Waals surface area contributed by atoms with Gasteiger partial charge in [-0.05, 0) is 38.5 Å². The second-order valence-electron chi connectivity index (χ2n) is 6.72. The van der Waals surface area contributed by atoms with Gasteiger partial charge in [-0.3, -0.25) is 14.4 Å². The zero-order valence-corrected chi connectivity index (χ0v) is 14.8. The summed E-state index contributed by atoms with van der Waals surface area (Å²) in [6, 6.07) is 5.86. The summed E-state index contributed by atoms with van der Waals surface area (Å²) in [4.78, 5) is 17.1. The van der Waals surface area contributed by atoms with Crippen molar-refractivity contribution in [3.05, 3.63) is 42.1 Å². The molecule has 136 valence electrons. The number of carbonyl (C=O) groups is 1. The van der Waals surface area contributed by atoms with Crippen LogP contribution >= 0.6 is 0 Å². The fourth-order valence-corrected chi connectivity index (χ4v) is 3.37. The standard InChI is InChI=1S/C18H26N4O3/c1-14(2)22-17(5-7-19-22)18(24)21-9-8-20(15(12-21)6-10-23)13-16-4-3-11-25-16/h3-5,7,11,14-15,23H,6,8-10,12-13H2,1-2H3/t15-/m0/s1. The van der Waals surface area contributed by atoms with E-state index in [-0.39, 0.29) is 24.6 Å². The Morgan fingerprint density at radius 1 is 1.40 bits per heavy atom. The van der Waals surface area contributed by atoms with Crippen molar-refractivity contribution in [1.29, 1.82) is 0 Å². The summed E-state index contributed by atoms with van der Waals surface area (Å²) >= 11 is 0. The molecule has 1 aliphatic heterocycles. The molecule has 7 nitrogen and oxygen atoms in total.